The summed E-state index contributed by atoms with van der Waals surface area (Å²) in [6.45, 7) is 3.64. The molecule has 34 heavy (non-hydrogen) atoms. The Hall–Kier alpha value is -3.66. The van der Waals surface area contributed by atoms with E-state index in [9.17, 15) is 10.1 Å². The molecule has 1 atom stereocenters. The Labute approximate surface area is 207 Å². The van der Waals surface area contributed by atoms with Crippen molar-refractivity contribution >= 4 is 29.2 Å². The van der Waals surface area contributed by atoms with E-state index in [1.807, 2.05) is 32.0 Å². The third kappa shape index (κ3) is 4.81. The van der Waals surface area contributed by atoms with Crippen LogP contribution < -0.4 is 19.9 Å². The number of aryl methyl sites for hydroxylation is 2. The molecule has 0 saturated heterocycles. The van der Waals surface area contributed by atoms with Crippen molar-refractivity contribution in [3.05, 3.63) is 98.4 Å². The van der Waals surface area contributed by atoms with Crippen LogP contribution in [0.3, 0.4) is 0 Å². The SMILES string of the molecule is Cc1cc(C)cc(OCC(=O)Oc2ccc3c(c2)OC(N)=C(C#N)C3c2c(Cl)cccc2Cl)c1. The molecule has 0 bridgehead atoms. The highest BCUT2D eigenvalue weighted by Gasteiger charge is 2.33. The maximum Gasteiger partial charge on any atom is 0.349 e. The second-order valence-corrected chi connectivity index (χ2v) is 8.66. The minimum atomic E-state index is -0.632. The van der Waals surface area contributed by atoms with Gasteiger partial charge in [-0.05, 0) is 55.3 Å². The summed E-state index contributed by atoms with van der Waals surface area (Å²) in [5.41, 5.74) is 9.46. The van der Waals surface area contributed by atoms with Gasteiger partial charge in [-0.1, -0.05) is 41.4 Å². The number of ether oxygens (including phenoxy) is 3. The fourth-order valence-electron chi connectivity index (χ4n) is 3.90. The van der Waals surface area contributed by atoms with Crippen LogP contribution in [0.15, 0.2) is 66.1 Å². The van der Waals surface area contributed by atoms with Gasteiger partial charge in [0.2, 0.25) is 5.88 Å². The van der Waals surface area contributed by atoms with Gasteiger partial charge in [-0.15, -0.1) is 0 Å². The van der Waals surface area contributed by atoms with E-state index in [2.05, 4.69) is 6.07 Å². The van der Waals surface area contributed by atoms with Gasteiger partial charge in [0, 0.05) is 27.2 Å². The number of rotatable bonds is 5. The van der Waals surface area contributed by atoms with E-state index < -0.39 is 11.9 Å². The molecule has 0 radical (unpaired) electrons. The van der Waals surface area contributed by atoms with Gasteiger partial charge in [0.25, 0.3) is 0 Å². The number of esters is 1. The van der Waals surface area contributed by atoms with Crippen molar-refractivity contribution in [3.63, 3.8) is 0 Å². The quantitative estimate of drug-likeness (QED) is 0.355. The molecule has 0 fully saturated rings. The molecule has 1 aliphatic rings. The first kappa shape index (κ1) is 23.5. The molecule has 0 saturated carbocycles. The van der Waals surface area contributed by atoms with Crippen molar-refractivity contribution in [1.82, 2.24) is 0 Å². The van der Waals surface area contributed by atoms with Crippen LogP contribution in [-0.2, 0) is 4.79 Å². The van der Waals surface area contributed by atoms with Gasteiger partial charge in [-0.3, -0.25) is 0 Å². The Morgan fingerprint density at radius 1 is 1.06 bits per heavy atom. The maximum atomic E-state index is 12.4. The molecule has 1 aliphatic heterocycles. The van der Waals surface area contributed by atoms with E-state index >= 15 is 0 Å². The molecule has 4 rings (SSSR count). The Morgan fingerprint density at radius 2 is 1.74 bits per heavy atom. The highest BCUT2D eigenvalue weighted by Crippen LogP contribution is 2.47. The van der Waals surface area contributed by atoms with Crippen molar-refractivity contribution in [2.45, 2.75) is 19.8 Å². The number of benzene rings is 3. The summed E-state index contributed by atoms with van der Waals surface area (Å²) in [5, 5.41) is 10.5. The predicted molar refractivity (Wildman–Crippen MR) is 129 cm³/mol. The highest BCUT2D eigenvalue weighted by atomic mass is 35.5. The Bertz CT molecular complexity index is 1320. The van der Waals surface area contributed by atoms with Gasteiger partial charge < -0.3 is 19.9 Å². The van der Waals surface area contributed by atoms with Crippen molar-refractivity contribution < 1.29 is 19.0 Å². The summed E-state index contributed by atoms with van der Waals surface area (Å²) in [7, 11) is 0. The number of nitrogens with two attached hydrogens (primary N) is 1. The van der Waals surface area contributed by atoms with E-state index in [1.165, 1.54) is 6.07 Å². The lowest BCUT2D eigenvalue weighted by Crippen LogP contribution is -2.22. The second kappa shape index (κ2) is 9.68. The van der Waals surface area contributed by atoms with Crippen molar-refractivity contribution in [1.29, 1.82) is 5.26 Å². The molecule has 0 amide bonds. The highest BCUT2D eigenvalue weighted by molar-refractivity contribution is 6.36. The number of hydrogen-bond acceptors (Lipinski definition) is 6. The number of allylic oxidation sites excluding steroid dienone is 1. The molecule has 8 heteroatoms. The van der Waals surface area contributed by atoms with E-state index in [4.69, 9.17) is 43.1 Å². The molecule has 0 aromatic heterocycles. The smallest absolute Gasteiger partial charge is 0.349 e. The number of nitrogens with zero attached hydrogens (tertiary/aromatic N) is 1. The zero-order valence-electron chi connectivity index (χ0n) is 18.4. The lowest BCUT2D eigenvalue weighted by molar-refractivity contribution is -0.136. The van der Waals surface area contributed by atoms with Crippen molar-refractivity contribution in [2.75, 3.05) is 6.61 Å². The third-order valence-electron chi connectivity index (χ3n) is 5.26. The molecule has 1 heterocycles. The Kier molecular flexibility index (Phi) is 6.69. The average molecular weight is 495 g/mol. The van der Waals surface area contributed by atoms with E-state index in [1.54, 1.807) is 30.3 Å². The zero-order chi connectivity index (χ0) is 24.4. The number of nitriles is 1. The Morgan fingerprint density at radius 3 is 2.38 bits per heavy atom. The van der Waals surface area contributed by atoms with Crippen LogP contribution in [-0.4, -0.2) is 12.6 Å². The fourth-order valence-corrected chi connectivity index (χ4v) is 4.52. The molecule has 3 aromatic carbocycles. The van der Waals surface area contributed by atoms with Crippen LogP contribution in [0.5, 0.6) is 17.2 Å². The fraction of sp³-hybridized carbons (Fsp3) is 0.154. The van der Waals surface area contributed by atoms with Crippen LogP contribution in [0, 0.1) is 25.2 Å². The predicted octanol–water partition coefficient (Wildman–Crippen LogP) is 5.81. The summed E-state index contributed by atoms with van der Waals surface area (Å²) >= 11 is 12.8. The van der Waals surface area contributed by atoms with Gasteiger partial charge in [0.05, 0.1) is 5.92 Å². The summed E-state index contributed by atoms with van der Waals surface area (Å²) < 4.78 is 16.7. The van der Waals surface area contributed by atoms with Crippen LogP contribution in [0.25, 0.3) is 0 Å². The maximum absolute atomic E-state index is 12.4. The molecule has 0 spiro atoms. The molecular weight excluding hydrogens is 475 g/mol. The number of fused-ring (bicyclic) bond motifs is 1. The van der Waals surface area contributed by atoms with Crippen LogP contribution in [0.1, 0.15) is 28.2 Å². The first-order valence-corrected chi connectivity index (χ1v) is 11.1. The molecule has 0 aliphatic carbocycles. The Balaban J connectivity index is 1.58. The van der Waals surface area contributed by atoms with Crippen molar-refractivity contribution in [2.24, 2.45) is 5.73 Å². The molecule has 2 N–H and O–H groups in total. The first-order valence-electron chi connectivity index (χ1n) is 10.3. The lowest BCUT2D eigenvalue weighted by Gasteiger charge is -2.27. The summed E-state index contributed by atoms with van der Waals surface area (Å²) in [6.07, 6.45) is 0. The van der Waals surface area contributed by atoms with E-state index in [0.29, 0.717) is 32.7 Å². The summed E-state index contributed by atoms with van der Waals surface area (Å²) in [6, 6.07) is 17.7. The molecule has 6 nitrogen and oxygen atoms in total. The second-order valence-electron chi connectivity index (χ2n) is 7.85. The van der Waals surface area contributed by atoms with E-state index in [0.717, 1.165) is 11.1 Å². The van der Waals surface area contributed by atoms with Crippen LogP contribution >= 0.6 is 23.2 Å². The van der Waals surface area contributed by atoms with Crippen molar-refractivity contribution in [3.8, 4) is 23.3 Å². The topological polar surface area (TPSA) is 94.6 Å². The lowest BCUT2D eigenvalue weighted by atomic mass is 9.83. The van der Waals surface area contributed by atoms with Gasteiger partial charge in [-0.2, -0.15) is 5.26 Å². The summed E-state index contributed by atoms with van der Waals surface area (Å²) in [4.78, 5) is 12.4. The third-order valence-corrected chi connectivity index (χ3v) is 5.92. The number of carbonyl (C=O) groups excluding carboxylic acids is 1. The number of hydrogen-bond donors (Lipinski definition) is 1. The molecule has 1 unspecified atom stereocenters. The van der Waals surface area contributed by atoms with Gasteiger partial charge in [0.15, 0.2) is 6.61 Å². The van der Waals surface area contributed by atoms with Gasteiger partial charge in [-0.25, -0.2) is 4.79 Å². The largest absolute Gasteiger partial charge is 0.482 e. The monoisotopic (exact) mass is 494 g/mol. The molecule has 172 valence electrons. The normalized spacial score (nSPS) is 14.6. The van der Waals surface area contributed by atoms with Crippen LogP contribution in [0.4, 0.5) is 0 Å². The standard InChI is InChI=1S/C26H20Cl2N2O4/c1-14-8-15(2)10-17(9-14)32-13-23(31)33-16-6-7-18-22(11-16)34-26(30)19(12-29)24(18)25-20(27)4-3-5-21(25)28/h3-11,24H,13,30H2,1-2H3. The molecule has 3 aromatic rings. The van der Waals surface area contributed by atoms with Gasteiger partial charge >= 0.3 is 5.97 Å². The van der Waals surface area contributed by atoms with Crippen LogP contribution in [0.2, 0.25) is 10.0 Å². The number of halogens is 2. The van der Waals surface area contributed by atoms with E-state index in [-0.39, 0.29) is 23.8 Å². The average Bonchev–Trinajstić information content (AvgIpc) is 2.76. The minimum Gasteiger partial charge on any atom is -0.482 e. The minimum absolute atomic E-state index is 0.0717. The number of carbonyl (C=O) groups is 1. The zero-order valence-corrected chi connectivity index (χ0v) is 19.9. The molecular formula is C26H20Cl2N2O4. The van der Waals surface area contributed by atoms with Gasteiger partial charge in [0.1, 0.15) is 28.9 Å². The first-order chi connectivity index (χ1) is 16.3. The summed E-state index contributed by atoms with van der Waals surface area (Å²) in [5.74, 6) is -0.125.